The largest absolute Gasteiger partial charge is 0.416 e. The zero-order valence-electron chi connectivity index (χ0n) is 18.3. The van der Waals surface area contributed by atoms with E-state index in [1.165, 1.54) is 12.1 Å². The van der Waals surface area contributed by atoms with E-state index in [2.05, 4.69) is 25.6 Å². The van der Waals surface area contributed by atoms with Gasteiger partial charge in [-0.25, -0.2) is 15.0 Å². The van der Waals surface area contributed by atoms with Crippen molar-refractivity contribution in [1.29, 1.82) is 0 Å². The number of amides is 1. The summed E-state index contributed by atoms with van der Waals surface area (Å²) < 4.78 is 38.7. The van der Waals surface area contributed by atoms with Gasteiger partial charge in [0.15, 0.2) is 0 Å². The van der Waals surface area contributed by atoms with E-state index in [1.807, 2.05) is 11.8 Å². The maximum atomic E-state index is 12.9. The molecular formula is C23H22ClF3N6O. The van der Waals surface area contributed by atoms with E-state index in [0.29, 0.717) is 54.1 Å². The second-order valence-corrected chi connectivity index (χ2v) is 8.16. The fraction of sp³-hybridized carbons (Fsp3) is 0.304. The first kappa shape index (κ1) is 23.7. The molecule has 0 saturated carbocycles. The highest BCUT2D eigenvalue weighted by atomic mass is 35.5. The Labute approximate surface area is 199 Å². The molecule has 7 nitrogen and oxygen atoms in total. The van der Waals surface area contributed by atoms with Crippen molar-refractivity contribution >= 4 is 34.8 Å². The number of anilines is 3. The molecule has 0 saturated heterocycles. The van der Waals surface area contributed by atoms with E-state index in [4.69, 9.17) is 11.6 Å². The summed E-state index contributed by atoms with van der Waals surface area (Å²) in [6.07, 6.45) is -1.49. The Balaban J connectivity index is 1.68. The Hall–Kier alpha value is -3.40. The number of fused-ring (bicyclic) bond motifs is 1. The summed E-state index contributed by atoms with van der Waals surface area (Å²) >= 11 is 6.31. The number of hydrogen-bond donors (Lipinski definition) is 2. The number of pyridine rings is 1. The first-order valence-electron chi connectivity index (χ1n) is 10.7. The van der Waals surface area contributed by atoms with Crippen molar-refractivity contribution < 1.29 is 18.0 Å². The van der Waals surface area contributed by atoms with Crippen LogP contribution < -0.4 is 15.5 Å². The summed E-state index contributed by atoms with van der Waals surface area (Å²) in [5, 5.41) is 6.33. The lowest BCUT2D eigenvalue weighted by Crippen LogP contribution is -2.34. The van der Waals surface area contributed by atoms with Crippen molar-refractivity contribution in [3.05, 3.63) is 70.3 Å². The van der Waals surface area contributed by atoms with Gasteiger partial charge in [0, 0.05) is 30.5 Å². The summed E-state index contributed by atoms with van der Waals surface area (Å²) in [6.45, 7) is 3.33. The Morgan fingerprint density at radius 3 is 2.62 bits per heavy atom. The minimum atomic E-state index is -4.42. The smallest absolute Gasteiger partial charge is 0.349 e. The van der Waals surface area contributed by atoms with Crippen LogP contribution in [0.1, 0.15) is 40.8 Å². The van der Waals surface area contributed by atoms with Crippen LogP contribution in [0.5, 0.6) is 0 Å². The Bertz CT molecular complexity index is 1190. The van der Waals surface area contributed by atoms with Crippen molar-refractivity contribution in [2.24, 2.45) is 0 Å². The molecule has 1 amide bonds. The molecule has 1 aliphatic rings. The van der Waals surface area contributed by atoms with Crippen LogP contribution >= 0.6 is 11.6 Å². The molecule has 0 atom stereocenters. The molecule has 4 rings (SSSR count). The Kier molecular flexibility index (Phi) is 6.87. The topological polar surface area (TPSA) is 83.0 Å². The molecule has 2 N–H and O–H groups in total. The normalized spacial score (nSPS) is 13.4. The number of carbonyl (C=O) groups is 1. The number of benzene rings is 1. The summed E-state index contributed by atoms with van der Waals surface area (Å²) in [5.74, 6) is 0.560. The van der Waals surface area contributed by atoms with Gasteiger partial charge in [-0.15, -0.1) is 0 Å². The predicted octanol–water partition coefficient (Wildman–Crippen LogP) is 4.99. The van der Waals surface area contributed by atoms with E-state index in [0.717, 1.165) is 24.1 Å². The first-order chi connectivity index (χ1) is 16.3. The molecule has 0 aliphatic carbocycles. The average Bonchev–Trinajstić information content (AvgIpc) is 2.82. The van der Waals surface area contributed by atoms with E-state index >= 15 is 0 Å². The quantitative estimate of drug-likeness (QED) is 0.506. The molecule has 1 aromatic carbocycles. The lowest BCUT2D eigenvalue weighted by atomic mass is 10.0. The summed E-state index contributed by atoms with van der Waals surface area (Å²) in [6, 6.07) is 8.15. The SMILES string of the molecule is CCCNC(=O)c1nc2c(c(Nc3ccc(C(F)(F)F)cc3)n1)CCN(c1ncccc1Cl)C2. The Morgan fingerprint density at radius 1 is 1.18 bits per heavy atom. The lowest BCUT2D eigenvalue weighted by molar-refractivity contribution is -0.137. The van der Waals surface area contributed by atoms with Gasteiger partial charge in [0.2, 0.25) is 5.82 Å². The lowest BCUT2D eigenvalue weighted by Gasteiger charge is -2.30. The molecule has 3 heterocycles. The third kappa shape index (κ3) is 5.22. The summed E-state index contributed by atoms with van der Waals surface area (Å²) in [4.78, 5) is 27.8. The van der Waals surface area contributed by atoms with E-state index < -0.39 is 17.6 Å². The highest BCUT2D eigenvalue weighted by Crippen LogP contribution is 2.33. The molecule has 1 aliphatic heterocycles. The minimum Gasteiger partial charge on any atom is -0.349 e. The second kappa shape index (κ2) is 9.84. The van der Waals surface area contributed by atoms with Crippen molar-refractivity contribution in [2.75, 3.05) is 23.3 Å². The predicted molar refractivity (Wildman–Crippen MR) is 123 cm³/mol. The molecule has 2 aromatic heterocycles. The van der Waals surface area contributed by atoms with Crippen LogP contribution in [-0.2, 0) is 19.1 Å². The van der Waals surface area contributed by atoms with Gasteiger partial charge < -0.3 is 15.5 Å². The number of halogens is 4. The molecule has 34 heavy (non-hydrogen) atoms. The van der Waals surface area contributed by atoms with Gasteiger partial charge >= 0.3 is 6.18 Å². The molecule has 3 aromatic rings. The number of nitrogens with zero attached hydrogens (tertiary/aromatic N) is 4. The molecule has 0 spiro atoms. The van der Waals surface area contributed by atoms with Gasteiger partial charge in [-0.1, -0.05) is 18.5 Å². The third-order valence-corrected chi connectivity index (χ3v) is 5.61. The van der Waals surface area contributed by atoms with Crippen molar-refractivity contribution in [2.45, 2.75) is 32.5 Å². The molecule has 0 bridgehead atoms. The molecule has 11 heteroatoms. The standard InChI is InChI=1S/C23H22ClF3N6O/c1-2-10-29-22(34)20-31-18-13-33(21-17(24)4-3-11-28-21)12-9-16(18)19(32-20)30-15-7-5-14(6-8-15)23(25,26)27/h3-8,11H,2,9-10,12-13H2,1H3,(H,29,34)(H,30,31,32). The zero-order valence-corrected chi connectivity index (χ0v) is 19.0. The summed E-state index contributed by atoms with van der Waals surface area (Å²) in [5.41, 5.74) is 1.09. The monoisotopic (exact) mass is 490 g/mol. The van der Waals surface area contributed by atoms with Crippen molar-refractivity contribution in [3.8, 4) is 0 Å². The van der Waals surface area contributed by atoms with Crippen molar-refractivity contribution in [3.63, 3.8) is 0 Å². The molecular weight excluding hydrogens is 469 g/mol. The van der Waals surface area contributed by atoms with Crippen molar-refractivity contribution in [1.82, 2.24) is 20.3 Å². The van der Waals surface area contributed by atoms with Crippen LogP contribution in [0.15, 0.2) is 42.6 Å². The number of aromatic nitrogens is 3. The van der Waals surface area contributed by atoms with Gasteiger partial charge in [-0.05, 0) is 49.2 Å². The van der Waals surface area contributed by atoms with E-state index in [-0.39, 0.29) is 5.82 Å². The fourth-order valence-electron chi connectivity index (χ4n) is 3.62. The van der Waals surface area contributed by atoms with Crippen LogP contribution in [0.4, 0.5) is 30.5 Å². The van der Waals surface area contributed by atoms with Crippen LogP contribution in [0.25, 0.3) is 0 Å². The molecule has 0 unspecified atom stereocenters. The number of rotatable bonds is 6. The first-order valence-corrected chi connectivity index (χ1v) is 11.1. The number of hydrogen-bond acceptors (Lipinski definition) is 6. The van der Waals surface area contributed by atoms with Gasteiger partial charge in [0.05, 0.1) is 22.8 Å². The van der Waals surface area contributed by atoms with Crippen LogP contribution in [0, 0.1) is 0 Å². The molecule has 178 valence electrons. The average molecular weight is 491 g/mol. The third-order valence-electron chi connectivity index (χ3n) is 5.32. The summed E-state index contributed by atoms with van der Waals surface area (Å²) in [7, 11) is 0. The number of alkyl halides is 3. The molecule has 0 fully saturated rings. The van der Waals surface area contributed by atoms with Gasteiger partial charge in [0.1, 0.15) is 11.6 Å². The Morgan fingerprint density at radius 2 is 1.94 bits per heavy atom. The maximum Gasteiger partial charge on any atom is 0.416 e. The minimum absolute atomic E-state index is 0.0180. The zero-order chi connectivity index (χ0) is 24.3. The van der Waals surface area contributed by atoms with Gasteiger partial charge in [0.25, 0.3) is 5.91 Å². The van der Waals surface area contributed by atoms with Crippen LogP contribution in [0.2, 0.25) is 5.02 Å². The van der Waals surface area contributed by atoms with Crippen LogP contribution in [0.3, 0.4) is 0 Å². The van der Waals surface area contributed by atoms with Crippen LogP contribution in [-0.4, -0.2) is 33.9 Å². The van der Waals surface area contributed by atoms with Gasteiger partial charge in [-0.3, -0.25) is 4.79 Å². The molecule has 0 radical (unpaired) electrons. The fourth-order valence-corrected chi connectivity index (χ4v) is 3.86. The van der Waals surface area contributed by atoms with Gasteiger partial charge in [-0.2, -0.15) is 13.2 Å². The maximum absolute atomic E-state index is 12.9. The highest BCUT2D eigenvalue weighted by Gasteiger charge is 2.30. The van der Waals surface area contributed by atoms with E-state index in [9.17, 15) is 18.0 Å². The number of carbonyl (C=O) groups excluding carboxylic acids is 1. The second-order valence-electron chi connectivity index (χ2n) is 7.76. The highest BCUT2D eigenvalue weighted by molar-refractivity contribution is 6.32. The van der Waals surface area contributed by atoms with E-state index in [1.54, 1.807) is 18.3 Å². The number of nitrogens with one attached hydrogen (secondary N) is 2.